The van der Waals surface area contributed by atoms with E-state index in [4.69, 9.17) is 10.7 Å². The first kappa shape index (κ1) is 11.5. The molecule has 1 aromatic rings. The number of nitriles is 1. The monoisotopic (exact) mass is 203 g/mol. The second-order valence-corrected chi connectivity index (χ2v) is 4.35. The molecule has 1 rings (SSSR count). The summed E-state index contributed by atoms with van der Waals surface area (Å²) < 4.78 is 0. The fraction of sp³-hybridized carbons (Fsp3) is 0.500. The number of hydrogen-bond acceptors (Lipinski definition) is 2. The zero-order valence-corrected chi connectivity index (χ0v) is 9.68. The van der Waals surface area contributed by atoms with Gasteiger partial charge in [-0.25, -0.2) is 0 Å². The van der Waals surface area contributed by atoms with Crippen LogP contribution < -0.4 is 5.49 Å². The Bertz CT molecular complexity index is 447. The van der Waals surface area contributed by atoms with E-state index in [9.17, 15) is 0 Å². The predicted octanol–water partition coefficient (Wildman–Crippen LogP) is 2.61. The summed E-state index contributed by atoms with van der Waals surface area (Å²) in [7, 11) is 0. The van der Waals surface area contributed by atoms with Gasteiger partial charge in [0, 0.05) is 5.69 Å². The zero-order valence-electron chi connectivity index (χ0n) is 9.68. The molecule has 0 aliphatic rings. The highest BCUT2D eigenvalue weighted by Crippen LogP contribution is 2.20. The van der Waals surface area contributed by atoms with Gasteiger partial charge in [-0.3, -0.25) is 5.41 Å². The molecule has 0 atom stereocenters. The molecule has 0 fully saturated rings. The van der Waals surface area contributed by atoms with Gasteiger partial charge in [-0.1, -0.05) is 27.7 Å². The zero-order chi connectivity index (χ0) is 11.6. The van der Waals surface area contributed by atoms with Gasteiger partial charge in [-0.2, -0.15) is 5.26 Å². The topological polar surface area (TPSA) is 63.4 Å². The second-order valence-electron chi connectivity index (χ2n) is 4.35. The molecule has 15 heavy (non-hydrogen) atoms. The van der Waals surface area contributed by atoms with E-state index < -0.39 is 0 Å². The Hall–Kier alpha value is -1.56. The van der Waals surface area contributed by atoms with Crippen molar-refractivity contribution in [1.29, 1.82) is 10.7 Å². The number of H-pyrrole nitrogens is 1. The Kier molecular flexibility index (Phi) is 3.31. The fourth-order valence-electron chi connectivity index (χ4n) is 1.51. The molecule has 80 valence electrons. The van der Waals surface area contributed by atoms with E-state index in [0.717, 1.165) is 11.3 Å². The average Bonchev–Trinajstić information content (AvgIpc) is 2.16. The predicted molar refractivity (Wildman–Crippen MR) is 59.5 cm³/mol. The van der Waals surface area contributed by atoms with Crippen molar-refractivity contribution in [3.8, 4) is 6.07 Å². The molecule has 0 saturated heterocycles. The van der Waals surface area contributed by atoms with E-state index in [1.807, 2.05) is 19.9 Å². The molecule has 0 unspecified atom stereocenters. The van der Waals surface area contributed by atoms with Crippen LogP contribution in [0.4, 0.5) is 0 Å². The molecule has 1 heterocycles. The van der Waals surface area contributed by atoms with Gasteiger partial charge in [-0.15, -0.1) is 0 Å². The largest absolute Gasteiger partial charge is 0.343 e. The summed E-state index contributed by atoms with van der Waals surface area (Å²) in [6.07, 6.45) is 0. The molecule has 2 N–H and O–H groups in total. The summed E-state index contributed by atoms with van der Waals surface area (Å²) in [5, 5.41) is 16.7. The highest BCUT2D eigenvalue weighted by atomic mass is 14.8. The van der Waals surface area contributed by atoms with E-state index in [1.165, 1.54) is 0 Å². The van der Waals surface area contributed by atoms with Crippen LogP contribution in [0.15, 0.2) is 6.07 Å². The standard InChI is InChI=1S/C12H17N3/c1-7(2)9-5-11(8(3)4)15-12(14)10(9)6-13/h5,7-8H,1-4H3,(H2,14,15). The van der Waals surface area contributed by atoms with Gasteiger partial charge in [0.25, 0.3) is 0 Å². The Balaban J connectivity index is 3.48. The second kappa shape index (κ2) is 4.31. The lowest BCUT2D eigenvalue weighted by molar-refractivity contribution is 0.779. The van der Waals surface area contributed by atoms with Gasteiger partial charge in [-0.05, 0) is 23.5 Å². The van der Waals surface area contributed by atoms with Crippen LogP contribution in [0.1, 0.15) is 56.4 Å². The molecule has 0 amide bonds. The van der Waals surface area contributed by atoms with Crippen LogP contribution in [0, 0.1) is 16.7 Å². The molecule has 0 aliphatic carbocycles. The first-order valence-electron chi connectivity index (χ1n) is 5.19. The molecule has 0 radical (unpaired) electrons. The summed E-state index contributed by atoms with van der Waals surface area (Å²) in [4.78, 5) is 2.97. The Morgan fingerprint density at radius 1 is 1.27 bits per heavy atom. The lowest BCUT2D eigenvalue weighted by Gasteiger charge is -2.12. The van der Waals surface area contributed by atoms with Gasteiger partial charge in [0.2, 0.25) is 0 Å². The number of pyridine rings is 1. The molecule has 0 bridgehead atoms. The third kappa shape index (κ3) is 2.27. The number of hydrogen-bond donors (Lipinski definition) is 2. The first-order chi connectivity index (χ1) is 6.97. The van der Waals surface area contributed by atoms with Gasteiger partial charge >= 0.3 is 0 Å². The normalized spacial score (nSPS) is 10.7. The van der Waals surface area contributed by atoms with Crippen LogP contribution in [0.3, 0.4) is 0 Å². The van der Waals surface area contributed by atoms with Crippen molar-refractivity contribution in [3.05, 3.63) is 28.4 Å². The highest BCUT2D eigenvalue weighted by molar-refractivity contribution is 5.38. The molecule has 0 aromatic carbocycles. The Labute approximate surface area is 90.3 Å². The molecular weight excluding hydrogens is 186 g/mol. The summed E-state index contributed by atoms with van der Waals surface area (Å²) in [6, 6.07) is 4.10. The first-order valence-corrected chi connectivity index (χ1v) is 5.19. The third-order valence-corrected chi connectivity index (χ3v) is 2.47. The maximum Gasteiger partial charge on any atom is 0.140 e. The number of rotatable bonds is 2. The molecule has 1 aromatic heterocycles. The van der Waals surface area contributed by atoms with Crippen molar-refractivity contribution in [2.45, 2.75) is 39.5 Å². The van der Waals surface area contributed by atoms with Crippen molar-refractivity contribution in [2.24, 2.45) is 0 Å². The quantitative estimate of drug-likeness (QED) is 0.762. The average molecular weight is 203 g/mol. The Morgan fingerprint density at radius 2 is 1.87 bits per heavy atom. The molecule has 0 aliphatic heterocycles. The molecule has 0 spiro atoms. The van der Waals surface area contributed by atoms with E-state index in [2.05, 4.69) is 24.9 Å². The van der Waals surface area contributed by atoms with Gasteiger partial charge in [0.05, 0.1) is 5.56 Å². The molecular formula is C12H17N3. The minimum atomic E-state index is 0.229. The summed E-state index contributed by atoms with van der Waals surface area (Å²) in [6.45, 7) is 8.22. The lowest BCUT2D eigenvalue weighted by Crippen LogP contribution is -2.17. The van der Waals surface area contributed by atoms with E-state index >= 15 is 0 Å². The highest BCUT2D eigenvalue weighted by Gasteiger charge is 2.11. The van der Waals surface area contributed by atoms with E-state index in [-0.39, 0.29) is 11.4 Å². The minimum absolute atomic E-state index is 0.229. The third-order valence-electron chi connectivity index (χ3n) is 2.47. The van der Waals surface area contributed by atoms with Crippen LogP contribution in [0.25, 0.3) is 0 Å². The molecule has 3 heteroatoms. The van der Waals surface area contributed by atoms with Gasteiger partial charge in [0.15, 0.2) is 0 Å². The molecule has 3 nitrogen and oxygen atoms in total. The SMILES string of the molecule is CC(C)c1cc(C(C)C)c(C#N)c(=N)[nH]1. The summed E-state index contributed by atoms with van der Waals surface area (Å²) in [5.41, 5.74) is 2.68. The number of nitrogens with one attached hydrogen (secondary N) is 2. The van der Waals surface area contributed by atoms with Crippen molar-refractivity contribution < 1.29 is 0 Å². The van der Waals surface area contributed by atoms with Crippen molar-refractivity contribution in [2.75, 3.05) is 0 Å². The minimum Gasteiger partial charge on any atom is -0.343 e. The fourth-order valence-corrected chi connectivity index (χ4v) is 1.51. The maximum atomic E-state index is 8.99. The smallest absolute Gasteiger partial charge is 0.140 e. The summed E-state index contributed by atoms with van der Waals surface area (Å²) >= 11 is 0. The molecule has 0 saturated carbocycles. The number of aromatic amines is 1. The maximum absolute atomic E-state index is 8.99. The van der Waals surface area contributed by atoms with Crippen LogP contribution in [0.2, 0.25) is 0 Å². The van der Waals surface area contributed by atoms with Gasteiger partial charge < -0.3 is 4.98 Å². The van der Waals surface area contributed by atoms with E-state index in [0.29, 0.717) is 11.5 Å². The summed E-state index contributed by atoms with van der Waals surface area (Å²) in [5.74, 6) is 0.621. The van der Waals surface area contributed by atoms with Crippen LogP contribution in [-0.4, -0.2) is 4.98 Å². The van der Waals surface area contributed by atoms with Crippen molar-refractivity contribution in [1.82, 2.24) is 4.98 Å². The van der Waals surface area contributed by atoms with E-state index in [1.54, 1.807) is 0 Å². The lowest BCUT2D eigenvalue weighted by atomic mass is 9.96. The Morgan fingerprint density at radius 3 is 2.27 bits per heavy atom. The van der Waals surface area contributed by atoms with Crippen LogP contribution in [-0.2, 0) is 0 Å². The van der Waals surface area contributed by atoms with Crippen LogP contribution in [0.5, 0.6) is 0 Å². The van der Waals surface area contributed by atoms with Crippen molar-refractivity contribution in [3.63, 3.8) is 0 Å². The number of aromatic nitrogens is 1. The van der Waals surface area contributed by atoms with Gasteiger partial charge in [0.1, 0.15) is 11.6 Å². The number of nitrogens with zero attached hydrogens (tertiary/aromatic N) is 1. The van der Waals surface area contributed by atoms with Crippen LogP contribution >= 0.6 is 0 Å². The van der Waals surface area contributed by atoms with Crippen molar-refractivity contribution >= 4 is 0 Å².